The standard InChI is InChI=1S/C15H25N3O/c1-12-7-9-18(10-8-12)15(19)17-14(11-16)13-5-3-2-4-6-13/h12-14H,2-10H2,1H3,(H,17,19). The van der Waals surface area contributed by atoms with Gasteiger partial charge in [0.25, 0.3) is 0 Å². The maximum atomic E-state index is 12.2. The van der Waals surface area contributed by atoms with Crippen LogP contribution in [0.4, 0.5) is 4.79 Å². The Morgan fingerprint density at radius 1 is 1.21 bits per heavy atom. The van der Waals surface area contributed by atoms with Gasteiger partial charge in [-0.15, -0.1) is 0 Å². The van der Waals surface area contributed by atoms with E-state index in [0.717, 1.165) is 38.8 Å². The summed E-state index contributed by atoms with van der Waals surface area (Å²) in [4.78, 5) is 14.0. The average molecular weight is 263 g/mol. The third-order valence-electron chi connectivity index (χ3n) is 4.61. The third-order valence-corrected chi connectivity index (χ3v) is 4.61. The van der Waals surface area contributed by atoms with Crippen LogP contribution in [0.1, 0.15) is 51.9 Å². The van der Waals surface area contributed by atoms with Crippen molar-refractivity contribution < 1.29 is 4.79 Å². The number of likely N-dealkylation sites (tertiary alicyclic amines) is 1. The first-order chi connectivity index (χ1) is 9.20. The Kier molecular flexibility index (Phi) is 5.07. The van der Waals surface area contributed by atoms with Gasteiger partial charge >= 0.3 is 6.03 Å². The summed E-state index contributed by atoms with van der Waals surface area (Å²) >= 11 is 0. The quantitative estimate of drug-likeness (QED) is 0.832. The highest BCUT2D eigenvalue weighted by Gasteiger charge is 2.27. The lowest BCUT2D eigenvalue weighted by Crippen LogP contribution is -2.49. The van der Waals surface area contributed by atoms with E-state index in [4.69, 9.17) is 0 Å². The fourth-order valence-electron chi connectivity index (χ4n) is 3.16. The van der Waals surface area contributed by atoms with E-state index in [-0.39, 0.29) is 12.1 Å². The molecule has 0 bridgehead atoms. The minimum atomic E-state index is -0.299. The number of nitriles is 1. The van der Waals surface area contributed by atoms with Crippen molar-refractivity contribution in [2.45, 2.75) is 57.9 Å². The molecule has 2 aliphatic rings. The number of urea groups is 1. The zero-order chi connectivity index (χ0) is 13.7. The Morgan fingerprint density at radius 2 is 1.84 bits per heavy atom. The summed E-state index contributed by atoms with van der Waals surface area (Å²) in [6.45, 7) is 3.89. The molecule has 1 aliphatic carbocycles. The second kappa shape index (κ2) is 6.79. The first-order valence-corrected chi connectivity index (χ1v) is 7.65. The number of hydrogen-bond donors (Lipinski definition) is 1. The van der Waals surface area contributed by atoms with Gasteiger partial charge in [-0.05, 0) is 37.5 Å². The van der Waals surface area contributed by atoms with Crippen LogP contribution in [0.25, 0.3) is 0 Å². The molecule has 0 aromatic rings. The average Bonchev–Trinajstić information content (AvgIpc) is 2.46. The van der Waals surface area contributed by atoms with E-state index in [1.54, 1.807) is 0 Å². The molecule has 1 saturated heterocycles. The molecule has 19 heavy (non-hydrogen) atoms. The van der Waals surface area contributed by atoms with Crippen molar-refractivity contribution in [2.24, 2.45) is 11.8 Å². The van der Waals surface area contributed by atoms with Crippen molar-refractivity contribution in [1.29, 1.82) is 5.26 Å². The summed E-state index contributed by atoms with van der Waals surface area (Å²) in [5, 5.41) is 12.2. The van der Waals surface area contributed by atoms with Crippen molar-refractivity contribution in [2.75, 3.05) is 13.1 Å². The molecule has 2 amide bonds. The number of hydrogen-bond acceptors (Lipinski definition) is 2. The molecular formula is C15H25N3O. The minimum Gasteiger partial charge on any atom is -0.325 e. The normalized spacial score (nSPS) is 23.7. The molecule has 1 heterocycles. The molecule has 0 radical (unpaired) electrons. The zero-order valence-electron chi connectivity index (χ0n) is 11.9. The molecule has 1 unspecified atom stereocenters. The van der Waals surface area contributed by atoms with Crippen LogP contribution in [0, 0.1) is 23.2 Å². The molecule has 4 nitrogen and oxygen atoms in total. The number of amides is 2. The molecule has 106 valence electrons. The molecule has 0 aromatic carbocycles. The first kappa shape index (κ1) is 14.2. The summed E-state index contributed by atoms with van der Waals surface area (Å²) in [6, 6.07) is 1.96. The number of carbonyl (C=O) groups excluding carboxylic acids is 1. The molecular weight excluding hydrogens is 238 g/mol. The van der Waals surface area contributed by atoms with E-state index >= 15 is 0 Å². The van der Waals surface area contributed by atoms with E-state index < -0.39 is 0 Å². The summed E-state index contributed by atoms with van der Waals surface area (Å²) in [6.07, 6.45) is 7.97. The van der Waals surface area contributed by atoms with Gasteiger partial charge in [-0.25, -0.2) is 4.79 Å². The Balaban J connectivity index is 1.84. The Labute approximate surface area is 116 Å². The Hall–Kier alpha value is -1.24. The SMILES string of the molecule is CC1CCN(C(=O)NC(C#N)C2CCCCC2)CC1. The van der Waals surface area contributed by atoms with Gasteiger partial charge in [0.2, 0.25) is 0 Å². The topological polar surface area (TPSA) is 56.1 Å². The highest BCUT2D eigenvalue weighted by molar-refractivity contribution is 5.75. The van der Waals surface area contributed by atoms with Gasteiger partial charge < -0.3 is 10.2 Å². The molecule has 2 rings (SSSR count). The maximum Gasteiger partial charge on any atom is 0.318 e. The lowest BCUT2D eigenvalue weighted by Gasteiger charge is -2.33. The largest absolute Gasteiger partial charge is 0.325 e. The number of piperidine rings is 1. The highest BCUT2D eigenvalue weighted by Crippen LogP contribution is 2.26. The second-order valence-electron chi connectivity index (χ2n) is 6.12. The van der Waals surface area contributed by atoms with E-state index in [2.05, 4.69) is 18.3 Å². The van der Waals surface area contributed by atoms with E-state index in [1.165, 1.54) is 19.3 Å². The molecule has 4 heteroatoms. The van der Waals surface area contributed by atoms with Crippen LogP contribution in [0.5, 0.6) is 0 Å². The number of carbonyl (C=O) groups is 1. The van der Waals surface area contributed by atoms with E-state index in [1.807, 2.05) is 4.90 Å². The van der Waals surface area contributed by atoms with Crippen molar-refractivity contribution in [3.63, 3.8) is 0 Å². The fraction of sp³-hybridized carbons (Fsp3) is 0.867. The van der Waals surface area contributed by atoms with Crippen LogP contribution in [0.3, 0.4) is 0 Å². The van der Waals surface area contributed by atoms with Gasteiger partial charge in [-0.1, -0.05) is 26.2 Å². The van der Waals surface area contributed by atoms with Crippen LogP contribution in [-0.2, 0) is 0 Å². The van der Waals surface area contributed by atoms with Gasteiger partial charge in [0, 0.05) is 13.1 Å². The van der Waals surface area contributed by atoms with Crippen LogP contribution >= 0.6 is 0 Å². The summed E-state index contributed by atoms with van der Waals surface area (Å²) in [5.41, 5.74) is 0. The van der Waals surface area contributed by atoms with Crippen molar-refractivity contribution in [3.8, 4) is 6.07 Å². The lowest BCUT2D eigenvalue weighted by molar-refractivity contribution is 0.167. The number of nitrogens with zero attached hydrogens (tertiary/aromatic N) is 2. The monoisotopic (exact) mass is 263 g/mol. The van der Waals surface area contributed by atoms with Crippen molar-refractivity contribution in [3.05, 3.63) is 0 Å². The van der Waals surface area contributed by atoms with E-state index in [0.29, 0.717) is 11.8 Å². The van der Waals surface area contributed by atoms with Gasteiger partial charge in [0.15, 0.2) is 0 Å². The molecule has 1 atom stereocenters. The highest BCUT2D eigenvalue weighted by atomic mass is 16.2. The maximum absolute atomic E-state index is 12.2. The van der Waals surface area contributed by atoms with Gasteiger partial charge in [-0.2, -0.15) is 5.26 Å². The van der Waals surface area contributed by atoms with Crippen molar-refractivity contribution in [1.82, 2.24) is 10.2 Å². The Morgan fingerprint density at radius 3 is 2.42 bits per heavy atom. The summed E-state index contributed by atoms with van der Waals surface area (Å²) < 4.78 is 0. The zero-order valence-corrected chi connectivity index (χ0v) is 11.9. The van der Waals surface area contributed by atoms with Crippen LogP contribution in [0.2, 0.25) is 0 Å². The van der Waals surface area contributed by atoms with Gasteiger partial charge in [0.05, 0.1) is 6.07 Å². The van der Waals surface area contributed by atoms with Gasteiger partial charge in [-0.3, -0.25) is 0 Å². The first-order valence-electron chi connectivity index (χ1n) is 7.65. The molecule has 0 spiro atoms. The Bertz CT molecular complexity index is 336. The van der Waals surface area contributed by atoms with Crippen LogP contribution in [-0.4, -0.2) is 30.1 Å². The van der Waals surface area contributed by atoms with Crippen LogP contribution < -0.4 is 5.32 Å². The third kappa shape index (κ3) is 3.86. The minimum absolute atomic E-state index is 0.0379. The van der Waals surface area contributed by atoms with E-state index in [9.17, 15) is 10.1 Å². The predicted octanol–water partition coefficient (Wildman–Crippen LogP) is 2.90. The molecule has 0 aromatic heterocycles. The summed E-state index contributed by atoms with van der Waals surface area (Å²) in [7, 11) is 0. The van der Waals surface area contributed by atoms with Crippen LogP contribution in [0.15, 0.2) is 0 Å². The fourth-order valence-corrected chi connectivity index (χ4v) is 3.16. The summed E-state index contributed by atoms with van der Waals surface area (Å²) in [5.74, 6) is 1.07. The molecule has 1 aliphatic heterocycles. The number of nitrogens with one attached hydrogen (secondary N) is 1. The molecule has 2 fully saturated rings. The van der Waals surface area contributed by atoms with Gasteiger partial charge in [0.1, 0.15) is 6.04 Å². The van der Waals surface area contributed by atoms with Crippen molar-refractivity contribution >= 4 is 6.03 Å². The second-order valence-corrected chi connectivity index (χ2v) is 6.12. The molecule has 1 saturated carbocycles. The predicted molar refractivity (Wildman–Crippen MR) is 74.5 cm³/mol. The smallest absolute Gasteiger partial charge is 0.318 e. The lowest BCUT2D eigenvalue weighted by atomic mass is 9.84. The molecule has 1 N–H and O–H groups in total. The number of rotatable bonds is 2.